The Balaban J connectivity index is 2.24. The van der Waals surface area contributed by atoms with Crippen molar-refractivity contribution < 1.29 is 0 Å². The van der Waals surface area contributed by atoms with Gasteiger partial charge in [-0.25, -0.2) is 4.98 Å². The maximum absolute atomic E-state index is 4.55. The van der Waals surface area contributed by atoms with Crippen molar-refractivity contribution in [2.75, 3.05) is 24.3 Å². The van der Waals surface area contributed by atoms with Gasteiger partial charge in [-0.1, -0.05) is 13.0 Å². The van der Waals surface area contributed by atoms with Crippen LogP contribution in [-0.4, -0.2) is 29.0 Å². The zero-order chi connectivity index (χ0) is 15.4. The Labute approximate surface area is 126 Å². The van der Waals surface area contributed by atoms with Gasteiger partial charge >= 0.3 is 0 Å². The second-order valence-electron chi connectivity index (χ2n) is 5.36. The number of hydrogen-bond donors (Lipinski definition) is 1. The minimum atomic E-state index is 0.0968. The van der Waals surface area contributed by atoms with E-state index >= 15 is 0 Å². The standard InChI is InChI=1S/C16H23N5/c1-6-13-10-15(20-16(19-13)21(4)5)18-12(3)14-9-7-8-11(2)17-14/h7-10,12H,6H2,1-5H3,(H,18,19,20). The summed E-state index contributed by atoms with van der Waals surface area (Å²) in [7, 11) is 3.90. The van der Waals surface area contributed by atoms with E-state index in [0.29, 0.717) is 0 Å². The first-order valence-corrected chi connectivity index (χ1v) is 7.25. The smallest absolute Gasteiger partial charge is 0.226 e. The van der Waals surface area contributed by atoms with Crippen molar-refractivity contribution in [1.29, 1.82) is 0 Å². The van der Waals surface area contributed by atoms with Crippen LogP contribution in [0, 0.1) is 6.92 Å². The first-order chi connectivity index (χ1) is 9.99. The molecule has 0 saturated carbocycles. The molecule has 2 aromatic rings. The molecule has 0 aliphatic heterocycles. The van der Waals surface area contributed by atoms with E-state index in [2.05, 4.69) is 34.1 Å². The molecule has 2 aromatic heterocycles. The fraction of sp³-hybridized carbons (Fsp3) is 0.438. The molecule has 0 bridgehead atoms. The second kappa shape index (κ2) is 6.52. The summed E-state index contributed by atoms with van der Waals surface area (Å²) in [6.45, 7) is 6.18. The number of anilines is 2. The lowest BCUT2D eigenvalue weighted by atomic mass is 10.2. The van der Waals surface area contributed by atoms with Crippen LogP contribution in [0.5, 0.6) is 0 Å². The number of aryl methyl sites for hydroxylation is 2. The molecule has 0 aliphatic carbocycles. The number of hydrogen-bond acceptors (Lipinski definition) is 5. The van der Waals surface area contributed by atoms with Gasteiger partial charge in [0.1, 0.15) is 5.82 Å². The van der Waals surface area contributed by atoms with Crippen molar-refractivity contribution in [2.24, 2.45) is 0 Å². The number of pyridine rings is 1. The van der Waals surface area contributed by atoms with E-state index in [-0.39, 0.29) is 6.04 Å². The Hall–Kier alpha value is -2.17. The number of rotatable bonds is 5. The molecule has 1 unspecified atom stereocenters. The number of nitrogens with one attached hydrogen (secondary N) is 1. The molecular weight excluding hydrogens is 262 g/mol. The summed E-state index contributed by atoms with van der Waals surface area (Å²) in [6.07, 6.45) is 0.884. The Morgan fingerprint density at radius 2 is 1.95 bits per heavy atom. The first-order valence-electron chi connectivity index (χ1n) is 7.25. The van der Waals surface area contributed by atoms with Crippen molar-refractivity contribution in [1.82, 2.24) is 15.0 Å². The van der Waals surface area contributed by atoms with Gasteiger partial charge in [-0.05, 0) is 32.4 Å². The Kier molecular flexibility index (Phi) is 4.73. The fourth-order valence-corrected chi connectivity index (χ4v) is 2.04. The molecule has 0 fully saturated rings. The van der Waals surface area contributed by atoms with Gasteiger partial charge in [0.25, 0.3) is 0 Å². The lowest BCUT2D eigenvalue weighted by Crippen LogP contribution is -2.16. The van der Waals surface area contributed by atoms with Crippen LogP contribution in [0.4, 0.5) is 11.8 Å². The second-order valence-corrected chi connectivity index (χ2v) is 5.36. The van der Waals surface area contributed by atoms with Crippen LogP contribution >= 0.6 is 0 Å². The number of aromatic nitrogens is 3. The Bertz CT molecular complexity index is 609. The molecule has 2 rings (SSSR count). The lowest BCUT2D eigenvalue weighted by molar-refractivity contribution is 0.818. The molecule has 0 saturated heterocycles. The van der Waals surface area contributed by atoms with E-state index < -0.39 is 0 Å². The lowest BCUT2D eigenvalue weighted by Gasteiger charge is -2.17. The van der Waals surface area contributed by atoms with Crippen molar-refractivity contribution >= 4 is 11.8 Å². The van der Waals surface area contributed by atoms with Crippen molar-refractivity contribution in [3.05, 3.63) is 41.3 Å². The molecular formula is C16H23N5. The number of nitrogens with zero attached hydrogens (tertiary/aromatic N) is 4. The molecule has 0 amide bonds. The summed E-state index contributed by atoms with van der Waals surface area (Å²) >= 11 is 0. The van der Waals surface area contributed by atoms with Gasteiger partial charge in [0.15, 0.2) is 0 Å². The minimum Gasteiger partial charge on any atom is -0.362 e. The van der Waals surface area contributed by atoms with Crippen LogP contribution < -0.4 is 10.2 Å². The van der Waals surface area contributed by atoms with E-state index in [1.807, 2.05) is 50.2 Å². The van der Waals surface area contributed by atoms with Crippen LogP contribution in [0.1, 0.15) is 37.0 Å². The highest BCUT2D eigenvalue weighted by Crippen LogP contribution is 2.19. The normalized spacial score (nSPS) is 12.0. The summed E-state index contributed by atoms with van der Waals surface area (Å²) in [5.41, 5.74) is 3.06. The van der Waals surface area contributed by atoms with E-state index in [0.717, 1.165) is 35.3 Å². The topological polar surface area (TPSA) is 53.9 Å². The first kappa shape index (κ1) is 15.2. The predicted octanol–water partition coefficient (Wildman–Crippen LogP) is 2.98. The molecule has 0 aliphatic rings. The molecule has 2 heterocycles. The zero-order valence-electron chi connectivity index (χ0n) is 13.4. The molecule has 0 aromatic carbocycles. The van der Waals surface area contributed by atoms with Gasteiger partial charge in [0, 0.05) is 31.5 Å². The average Bonchev–Trinajstić information content (AvgIpc) is 2.46. The van der Waals surface area contributed by atoms with Crippen LogP contribution in [0.2, 0.25) is 0 Å². The van der Waals surface area contributed by atoms with Crippen molar-refractivity contribution in [3.63, 3.8) is 0 Å². The summed E-state index contributed by atoms with van der Waals surface area (Å²) < 4.78 is 0. The third-order valence-electron chi connectivity index (χ3n) is 3.25. The van der Waals surface area contributed by atoms with E-state index in [4.69, 9.17) is 0 Å². The SMILES string of the molecule is CCc1cc(NC(C)c2cccc(C)n2)nc(N(C)C)n1. The summed E-state index contributed by atoms with van der Waals surface area (Å²) in [5.74, 6) is 1.56. The average molecular weight is 285 g/mol. The third kappa shape index (κ3) is 3.90. The van der Waals surface area contributed by atoms with E-state index in [9.17, 15) is 0 Å². The molecule has 1 atom stereocenters. The molecule has 1 N–H and O–H groups in total. The molecule has 112 valence electrons. The highest BCUT2D eigenvalue weighted by atomic mass is 15.2. The summed E-state index contributed by atoms with van der Waals surface area (Å²) in [6, 6.07) is 8.15. The van der Waals surface area contributed by atoms with Gasteiger partial charge in [-0.15, -0.1) is 0 Å². The van der Waals surface area contributed by atoms with Crippen LogP contribution in [0.15, 0.2) is 24.3 Å². The van der Waals surface area contributed by atoms with Crippen LogP contribution in [-0.2, 0) is 6.42 Å². The molecule has 21 heavy (non-hydrogen) atoms. The quantitative estimate of drug-likeness (QED) is 0.915. The maximum atomic E-state index is 4.55. The minimum absolute atomic E-state index is 0.0968. The van der Waals surface area contributed by atoms with Gasteiger partial charge < -0.3 is 10.2 Å². The van der Waals surface area contributed by atoms with Crippen LogP contribution in [0.25, 0.3) is 0 Å². The van der Waals surface area contributed by atoms with Gasteiger partial charge in [-0.2, -0.15) is 4.98 Å². The van der Waals surface area contributed by atoms with Crippen LogP contribution in [0.3, 0.4) is 0 Å². The van der Waals surface area contributed by atoms with E-state index in [1.54, 1.807) is 0 Å². The van der Waals surface area contributed by atoms with E-state index in [1.165, 1.54) is 0 Å². The largest absolute Gasteiger partial charge is 0.362 e. The monoisotopic (exact) mass is 285 g/mol. The summed E-state index contributed by atoms with van der Waals surface area (Å²) in [5, 5.41) is 3.42. The highest BCUT2D eigenvalue weighted by molar-refractivity contribution is 5.44. The molecule has 5 nitrogen and oxygen atoms in total. The Morgan fingerprint density at radius 1 is 1.19 bits per heavy atom. The fourth-order valence-electron chi connectivity index (χ4n) is 2.04. The van der Waals surface area contributed by atoms with Gasteiger partial charge in [0.2, 0.25) is 5.95 Å². The highest BCUT2D eigenvalue weighted by Gasteiger charge is 2.10. The zero-order valence-corrected chi connectivity index (χ0v) is 13.4. The van der Waals surface area contributed by atoms with Gasteiger partial charge in [-0.3, -0.25) is 4.98 Å². The maximum Gasteiger partial charge on any atom is 0.226 e. The predicted molar refractivity (Wildman–Crippen MR) is 86.7 cm³/mol. The molecule has 0 radical (unpaired) electrons. The molecule has 5 heteroatoms. The third-order valence-corrected chi connectivity index (χ3v) is 3.25. The Morgan fingerprint density at radius 3 is 2.57 bits per heavy atom. The summed E-state index contributed by atoms with van der Waals surface area (Å²) in [4.78, 5) is 15.5. The molecule has 0 spiro atoms. The van der Waals surface area contributed by atoms with Gasteiger partial charge in [0.05, 0.1) is 11.7 Å². The van der Waals surface area contributed by atoms with Crippen molar-refractivity contribution in [3.8, 4) is 0 Å². The van der Waals surface area contributed by atoms with Crippen molar-refractivity contribution in [2.45, 2.75) is 33.2 Å².